The molecule has 1 N–H and O–H groups in total. The Balaban J connectivity index is 2.19. The van der Waals surface area contributed by atoms with Gasteiger partial charge in [-0.1, -0.05) is 39.5 Å². The maximum absolute atomic E-state index is 13.9. The Morgan fingerprint density at radius 3 is 2.32 bits per heavy atom. The largest absolute Gasteiger partial charge is 0.478 e. The highest BCUT2D eigenvalue weighted by molar-refractivity contribution is 7.98. The van der Waals surface area contributed by atoms with E-state index in [4.69, 9.17) is 9.84 Å². The van der Waals surface area contributed by atoms with Crippen molar-refractivity contribution in [1.29, 1.82) is 0 Å². The van der Waals surface area contributed by atoms with Gasteiger partial charge in [-0.15, -0.1) is 11.8 Å². The lowest BCUT2D eigenvalue weighted by Gasteiger charge is -2.37. The number of fused-ring (bicyclic) bond motifs is 1. The molecule has 1 heterocycles. The van der Waals surface area contributed by atoms with Gasteiger partial charge in [-0.2, -0.15) is 13.2 Å². The average molecular weight is 570 g/mol. The Morgan fingerprint density at radius 2 is 1.79 bits per heavy atom. The van der Waals surface area contributed by atoms with Crippen molar-refractivity contribution in [2.24, 2.45) is 5.41 Å². The van der Waals surface area contributed by atoms with Crippen molar-refractivity contribution in [1.82, 2.24) is 0 Å². The van der Waals surface area contributed by atoms with Crippen LogP contribution >= 0.6 is 11.8 Å². The fourth-order valence-electron chi connectivity index (χ4n) is 4.75. The molecular weight excluding hydrogens is 535 g/mol. The first kappa shape index (κ1) is 30.1. The Kier molecular flexibility index (Phi) is 10.3. The lowest BCUT2D eigenvalue weighted by Crippen LogP contribution is -2.37. The van der Waals surface area contributed by atoms with Crippen LogP contribution in [0.1, 0.15) is 57.9 Å². The van der Waals surface area contributed by atoms with Gasteiger partial charge in [0.2, 0.25) is 0 Å². The van der Waals surface area contributed by atoms with E-state index in [9.17, 15) is 22.2 Å². The Bertz CT molecular complexity index is 1160. The molecule has 3 rings (SSSR count). The van der Waals surface area contributed by atoms with Crippen LogP contribution in [0.15, 0.2) is 58.5 Å². The summed E-state index contributed by atoms with van der Waals surface area (Å²) in [6, 6.07) is 8.64. The molecule has 0 aliphatic carbocycles. The van der Waals surface area contributed by atoms with Gasteiger partial charge in [0.1, 0.15) is 5.75 Å². The van der Waals surface area contributed by atoms with Gasteiger partial charge in [-0.3, -0.25) is 4.21 Å². The van der Waals surface area contributed by atoms with E-state index in [-0.39, 0.29) is 5.41 Å². The predicted octanol–water partition coefficient (Wildman–Crippen LogP) is 8.03. The minimum absolute atomic E-state index is 0.289. The van der Waals surface area contributed by atoms with Gasteiger partial charge in [0.05, 0.1) is 44.2 Å². The monoisotopic (exact) mass is 569 g/mol. The van der Waals surface area contributed by atoms with Gasteiger partial charge in [0, 0.05) is 29.5 Å². The van der Waals surface area contributed by atoms with Crippen LogP contribution in [0.2, 0.25) is 0 Å². The molecule has 0 amide bonds. The summed E-state index contributed by atoms with van der Waals surface area (Å²) >= 11 is 1.39. The lowest BCUT2D eigenvalue weighted by atomic mass is 9.79. The maximum Gasteiger partial charge on any atom is 0.416 e. The summed E-state index contributed by atoms with van der Waals surface area (Å²) in [5.41, 5.74) is 0.253. The third kappa shape index (κ3) is 7.34. The van der Waals surface area contributed by atoms with Gasteiger partial charge < -0.3 is 14.7 Å². The topological polar surface area (TPSA) is 66.8 Å². The normalized spacial score (nSPS) is 17.3. The van der Waals surface area contributed by atoms with E-state index in [0.29, 0.717) is 39.2 Å². The van der Waals surface area contributed by atoms with Crippen LogP contribution in [0.25, 0.3) is 0 Å². The van der Waals surface area contributed by atoms with Gasteiger partial charge in [-0.25, -0.2) is 4.79 Å². The molecule has 5 nitrogen and oxygen atoms in total. The van der Waals surface area contributed by atoms with Crippen LogP contribution in [0.5, 0.6) is 5.75 Å². The molecule has 38 heavy (non-hydrogen) atoms. The third-order valence-corrected chi connectivity index (χ3v) is 9.20. The summed E-state index contributed by atoms with van der Waals surface area (Å²) in [6.45, 7) is 4.76. The number of thioether (sulfide) groups is 1. The fourth-order valence-corrected chi connectivity index (χ4v) is 7.03. The fraction of sp³-hybridized carbons (Fsp3) is 0.464. The number of carboxylic acid groups (broad SMARTS) is 1. The van der Waals surface area contributed by atoms with Crippen LogP contribution in [0, 0.1) is 5.41 Å². The van der Waals surface area contributed by atoms with Crippen molar-refractivity contribution in [2.45, 2.75) is 68.3 Å². The molecule has 0 saturated heterocycles. The number of carbonyl (C=O) groups is 1. The van der Waals surface area contributed by atoms with Crippen molar-refractivity contribution in [3.05, 3.63) is 54.3 Å². The second-order valence-corrected chi connectivity index (χ2v) is 11.8. The Hall–Kier alpha value is -2.46. The third-order valence-electron chi connectivity index (χ3n) is 6.75. The van der Waals surface area contributed by atoms with Gasteiger partial charge in [0.15, 0.2) is 0 Å². The van der Waals surface area contributed by atoms with E-state index in [2.05, 4.69) is 13.8 Å². The van der Waals surface area contributed by atoms with Crippen LogP contribution < -0.4 is 9.64 Å². The van der Waals surface area contributed by atoms with Crippen molar-refractivity contribution in [2.75, 3.05) is 23.5 Å². The molecule has 1 unspecified atom stereocenters. The molecule has 0 saturated carbocycles. The highest BCUT2D eigenvalue weighted by Crippen LogP contribution is 2.47. The van der Waals surface area contributed by atoms with E-state index in [1.165, 1.54) is 23.9 Å². The summed E-state index contributed by atoms with van der Waals surface area (Å²) in [5.74, 6) is -0.344. The summed E-state index contributed by atoms with van der Waals surface area (Å²) in [6.07, 6.45) is 4.97. The zero-order valence-electron chi connectivity index (χ0n) is 21.8. The summed E-state index contributed by atoms with van der Waals surface area (Å²) in [7, 11) is -1.41. The number of carboxylic acids is 1. The number of anilines is 2. The number of halogens is 3. The molecule has 2 aromatic rings. The maximum atomic E-state index is 13.9. The Morgan fingerprint density at radius 1 is 1.16 bits per heavy atom. The number of unbranched alkanes of at least 4 members (excludes halogenated alkanes) is 2. The molecule has 1 atom stereocenters. The molecule has 0 aromatic heterocycles. The molecule has 0 bridgehead atoms. The molecule has 10 heteroatoms. The van der Waals surface area contributed by atoms with Gasteiger partial charge >= 0.3 is 12.1 Å². The molecule has 0 fully saturated rings. The molecule has 1 aliphatic heterocycles. The highest BCUT2D eigenvalue weighted by Gasteiger charge is 2.39. The Labute approximate surface area is 228 Å². The smallest absolute Gasteiger partial charge is 0.416 e. The second-order valence-electron chi connectivity index (χ2n) is 9.56. The number of hydrogen-bond donors (Lipinski definition) is 1. The lowest BCUT2D eigenvalue weighted by molar-refractivity contribution is -0.137. The first-order valence-corrected chi connectivity index (χ1v) is 15.2. The summed E-state index contributed by atoms with van der Waals surface area (Å²) in [4.78, 5) is 14.1. The van der Waals surface area contributed by atoms with Crippen molar-refractivity contribution in [3.8, 4) is 5.75 Å². The predicted molar refractivity (Wildman–Crippen MR) is 147 cm³/mol. The molecule has 1 aliphatic rings. The molecule has 0 spiro atoms. The molecule has 208 valence electrons. The molecular formula is C28H34F3NO4S2. The number of rotatable bonds is 11. The van der Waals surface area contributed by atoms with Crippen LogP contribution in [0.4, 0.5) is 24.5 Å². The van der Waals surface area contributed by atoms with Gasteiger partial charge in [0.25, 0.3) is 0 Å². The van der Waals surface area contributed by atoms with E-state index >= 15 is 0 Å². The van der Waals surface area contributed by atoms with E-state index in [0.717, 1.165) is 63.0 Å². The zero-order valence-corrected chi connectivity index (χ0v) is 23.5. The SMILES string of the molecule is CCCCC1(CCCC)CN(c2ccc(C(F)(F)F)cc2)c2cc(SC)c(O/C=C/C(=O)O)cc2S(=O)C1. The minimum atomic E-state index is -4.44. The van der Waals surface area contributed by atoms with Crippen LogP contribution in [-0.4, -0.2) is 33.8 Å². The number of hydrogen-bond acceptors (Lipinski definition) is 5. The van der Waals surface area contributed by atoms with Gasteiger partial charge in [-0.05, 0) is 49.4 Å². The number of benzene rings is 2. The standard InChI is InChI=1S/C28H34F3NO4S2/c1-4-6-13-27(14-7-5-2)18-32(21-10-8-20(9-11-21)28(29,30)31)22-16-24(37-3)23(36-15-12-26(33)34)17-25(22)38(35)19-27/h8-12,15-17H,4-7,13-14,18-19H2,1-3H3,(H,33,34)/b15-12+. The number of aliphatic carboxylic acids is 1. The number of nitrogens with zero attached hydrogens (tertiary/aromatic N) is 1. The second kappa shape index (κ2) is 13.1. The summed E-state index contributed by atoms with van der Waals surface area (Å²) in [5, 5.41) is 8.92. The summed E-state index contributed by atoms with van der Waals surface area (Å²) < 4.78 is 59.4. The number of ether oxygens (including phenoxy) is 1. The van der Waals surface area contributed by atoms with Crippen molar-refractivity contribution >= 4 is 39.9 Å². The first-order valence-electron chi connectivity index (χ1n) is 12.6. The molecule has 0 radical (unpaired) electrons. The van der Waals surface area contributed by atoms with Crippen molar-refractivity contribution < 1.29 is 32.0 Å². The number of alkyl halides is 3. The van der Waals surface area contributed by atoms with Crippen molar-refractivity contribution in [3.63, 3.8) is 0 Å². The van der Waals surface area contributed by atoms with E-state index in [1.54, 1.807) is 6.07 Å². The highest BCUT2D eigenvalue weighted by atomic mass is 32.2. The van der Waals surface area contributed by atoms with E-state index in [1.807, 2.05) is 17.2 Å². The minimum Gasteiger partial charge on any atom is -0.478 e. The first-order chi connectivity index (χ1) is 18.0. The average Bonchev–Trinajstić information content (AvgIpc) is 2.99. The zero-order chi connectivity index (χ0) is 27.9. The quantitative estimate of drug-likeness (QED) is 0.168. The molecule has 2 aromatic carbocycles. The van der Waals surface area contributed by atoms with Crippen LogP contribution in [0.3, 0.4) is 0 Å². The van der Waals surface area contributed by atoms with Crippen LogP contribution in [-0.2, 0) is 21.8 Å². The van der Waals surface area contributed by atoms with E-state index < -0.39 is 28.5 Å².